The van der Waals surface area contributed by atoms with E-state index < -0.39 is 6.17 Å². The summed E-state index contributed by atoms with van der Waals surface area (Å²) in [6.07, 6.45) is -0.933. The molecule has 0 aromatic carbocycles. The number of hydrogen-bond acceptors (Lipinski definition) is 6. The Hall–Kier alpha value is -2.02. The SMILES string of the molecule is CNc1nc(N[C@H]2CN(C(C)C)C[C@H]2F)nc2nc(C)cc(C)c12. The maximum atomic E-state index is 14.3. The van der Waals surface area contributed by atoms with Crippen LogP contribution < -0.4 is 10.6 Å². The summed E-state index contributed by atoms with van der Waals surface area (Å²) in [5, 5.41) is 7.16. The molecule has 1 aliphatic heterocycles. The highest BCUT2D eigenvalue weighted by Gasteiger charge is 2.34. The lowest BCUT2D eigenvalue weighted by Gasteiger charge is -2.20. The Morgan fingerprint density at radius 1 is 1.21 bits per heavy atom. The molecule has 3 rings (SSSR count). The van der Waals surface area contributed by atoms with Crippen molar-refractivity contribution in [2.75, 3.05) is 30.8 Å². The summed E-state index contributed by atoms with van der Waals surface area (Å²) in [4.78, 5) is 15.7. The van der Waals surface area contributed by atoms with Gasteiger partial charge in [0.05, 0.1) is 11.4 Å². The molecule has 1 saturated heterocycles. The topological polar surface area (TPSA) is 66.0 Å². The second-order valence-corrected chi connectivity index (χ2v) is 6.74. The number of aryl methyl sites for hydroxylation is 2. The predicted molar refractivity (Wildman–Crippen MR) is 95.4 cm³/mol. The molecule has 2 aromatic rings. The van der Waals surface area contributed by atoms with Gasteiger partial charge in [-0.2, -0.15) is 9.97 Å². The van der Waals surface area contributed by atoms with E-state index in [4.69, 9.17) is 0 Å². The van der Waals surface area contributed by atoms with Gasteiger partial charge in [-0.15, -0.1) is 0 Å². The van der Waals surface area contributed by atoms with Gasteiger partial charge in [-0.25, -0.2) is 9.37 Å². The molecular weight excluding hydrogens is 307 g/mol. The number of fused-ring (bicyclic) bond motifs is 1. The predicted octanol–water partition coefficient (Wildman–Crippen LogP) is 2.53. The Morgan fingerprint density at radius 2 is 1.96 bits per heavy atom. The molecular formula is C17H25FN6. The summed E-state index contributed by atoms with van der Waals surface area (Å²) in [5.74, 6) is 1.13. The number of likely N-dealkylation sites (tertiary alicyclic amines) is 1. The van der Waals surface area contributed by atoms with Gasteiger partial charge in [0, 0.05) is 31.9 Å². The molecule has 0 spiro atoms. The van der Waals surface area contributed by atoms with E-state index in [-0.39, 0.29) is 6.04 Å². The fourth-order valence-corrected chi connectivity index (χ4v) is 3.24. The lowest BCUT2D eigenvalue weighted by molar-refractivity contribution is 0.246. The highest BCUT2D eigenvalue weighted by molar-refractivity contribution is 5.90. The average molecular weight is 332 g/mol. The van der Waals surface area contributed by atoms with Crippen molar-refractivity contribution in [3.8, 4) is 0 Å². The van der Waals surface area contributed by atoms with Gasteiger partial charge in [0.2, 0.25) is 5.95 Å². The Bertz CT molecular complexity index is 747. The van der Waals surface area contributed by atoms with Crippen LogP contribution in [-0.4, -0.2) is 58.2 Å². The van der Waals surface area contributed by atoms with Crippen LogP contribution in [0.2, 0.25) is 0 Å². The highest BCUT2D eigenvalue weighted by atomic mass is 19.1. The first-order valence-electron chi connectivity index (χ1n) is 8.37. The maximum absolute atomic E-state index is 14.3. The third-order valence-electron chi connectivity index (χ3n) is 4.55. The Balaban J connectivity index is 1.93. The third-order valence-corrected chi connectivity index (χ3v) is 4.55. The van der Waals surface area contributed by atoms with Crippen LogP contribution in [0.5, 0.6) is 0 Å². The normalized spacial score (nSPS) is 21.6. The first-order valence-corrected chi connectivity index (χ1v) is 8.37. The van der Waals surface area contributed by atoms with Crippen LogP contribution >= 0.6 is 0 Å². The molecule has 0 aliphatic carbocycles. The van der Waals surface area contributed by atoms with E-state index in [1.54, 1.807) is 0 Å². The quantitative estimate of drug-likeness (QED) is 0.897. The minimum atomic E-state index is -0.933. The average Bonchev–Trinajstić information content (AvgIpc) is 2.87. The summed E-state index contributed by atoms with van der Waals surface area (Å²) in [7, 11) is 1.82. The zero-order valence-corrected chi connectivity index (χ0v) is 14.9. The Labute approximate surface area is 141 Å². The maximum Gasteiger partial charge on any atom is 0.227 e. The number of hydrogen-bond donors (Lipinski definition) is 2. The van der Waals surface area contributed by atoms with E-state index in [1.165, 1.54) is 0 Å². The van der Waals surface area contributed by atoms with E-state index in [2.05, 4.69) is 44.3 Å². The van der Waals surface area contributed by atoms with Gasteiger partial charge in [-0.3, -0.25) is 4.90 Å². The summed E-state index contributed by atoms with van der Waals surface area (Å²) in [6, 6.07) is 2.03. The molecule has 0 amide bonds. The summed E-state index contributed by atoms with van der Waals surface area (Å²) < 4.78 is 14.3. The standard InChI is InChI=1S/C17H25FN6/c1-9(2)24-7-12(18)13(8-24)21-17-22-15(19-5)14-10(3)6-11(4)20-16(14)23-17/h6,9,12-13H,7-8H2,1-5H3,(H2,19,20,21,22,23)/t12-,13+/m1/s1. The largest absolute Gasteiger partial charge is 0.372 e. The van der Waals surface area contributed by atoms with Crippen molar-refractivity contribution in [2.24, 2.45) is 0 Å². The Morgan fingerprint density at radius 3 is 2.58 bits per heavy atom. The lowest BCUT2D eigenvalue weighted by atomic mass is 10.1. The van der Waals surface area contributed by atoms with Gasteiger partial charge in [0.25, 0.3) is 0 Å². The molecule has 7 heteroatoms. The van der Waals surface area contributed by atoms with Gasteiger partial charge >= 0.3 is 0 Å². The first-order chi connectivity index (χ1) is 11.4. The molecule has 2 aromatic heterocycles. The molecule has 1 fully saturated rings. The van der Waals surface area contributed by atoms with Crippen LogP contribution in [0.3, 0.4) is 0 Å². The number of alkyl halides is 1. The fourth-order valence-electron chi connectivity index (χ4n) is 3.24. The summed E-state index contributed by atoms with van der Waals surface area (Å²) in [5.41, 5.74) is 2.61. The van der Waals surface area contributed by atoms with Crippen molar-refractivity contribution >= 4 is 22.8 Å². The second-order valence-electron chi connectivity index (χ2n) is 6.74. The van der Waals surface area contributed by atoms with Gasteiger partial charge in [0.1, 0.15) is 12.0 Å². The molecule has 2 N–H and O–H groups in total. The Kier molecular flexibility index (Phi) is 4.54. The van der Waals surface area contributed by atoms with E-state index in [0.29, 0.717) is 36.5 Å². The number of pyridine rings is 1. The molecule has 24 heavy (non-hydrogen) atoms. The van der Waals surface area contributed by atoms with Crippen LogP contribution in [-0.2, 0) is 0 Å². The molecule has 0 bridgehead atoms. The van der Waals surface area contributed by atoms with Crippen molar-refractivity contribution < 1.29 is 4.39 Å². The molecule has 0 radical (unpaired) electrons. The second kappa shape index (κ2) is 6.47. The molecule has 130 valence electrons. The van der Waals surface area contributed by atoms with Gasteiger partial charge in [-0.1, -0.05) is 0 Å². The number of anilines is 2. The van der Waals surface area contributed by atoms with E-state index in [1.807, 2.05) is 27.0 Å². The fraction of sp³-hybridized carbons (Fsp3) is 0.588. The van der Waals surface area contributed by atoms with Crippen LogP contribution in [0.25, 0.3) is 11.0 Å². The monoisotopic (exact) mass is 332 g/mol. The van der Waals surface area contributed by atoms with E-state index in [9.17, 15) is 4.39 Å². The summed E-state index contributed by atoms with van der Waals surface area (Å²) in [6.45, 7) is 9.21. The minimum Gasteiger partial charge on any atom is -0.372 e. The molecule has 0 saturated carbocycles. The molecule has 6 nitrogen and oxygen atoms in total. The van der Waals surface area contributed by atoms with Crippen LogP contribution in [0, 0.1) is 13.8 Å². The molecule has 0 unspecified atom stereocenters. The zero-order chi connectivity index (χ0) is 17.4. The third kappa shape index (κ3) is 3.13. The number of halogens is 1. The van der Waals surface area contributed by atoms with E-state index >= 15 is 0 Å². The van der Waals surface area contributed by atoms with Crippen molar-refractivity contribution in [3.63, 3.8) is 0 Å². The number of nitrogens with one attached hydrogen (secondary N) is 2. The van der Waals surface area contributed by atoms with Gasteiger partial charge < -0.3 is 10.6 Å². The van der Waals surface area contributed by atoms with Gasteiger partial charge in [-0.05, 0) is 39.3 Å². The van der Waals surface area contributed by atoms with Crippen molar-refractivity contribution in [1.82, 2.24) is 19.9 Å². The van der Waals surface area contributed by atoms with Crippen molar-refractivity contribution in [2.45, 2.75) is 46.0 Å². The molecule has 2 atom stereocenters. The molecule has 1 aliphatic rings. The van der Waals surface area contributed by atoms with Crippen LogP contribution in [0.1, 0.15) is 25.1 Å². The van der Waals surface area contributed by atoms with Crippen LogP contribution in [0.15, 0.2) is 6.07 Å². The van der Waals surface area contributed by atoms with Crippen LogP contribution in [0.4, 0.5) is 16.2 Å². The highest BCUT2D eigenvalue weighted by Crippen LogP contribution is 2.26. The smallest absolute Gasteiger partial charge is 0.227 e. The number of aromatic nitrogens is 3. The first kappa shape index (κ1) is 16.8. The lowest BCUT2D eigenvalue weighted by Crippen LogP contribution is -2.32. The molecule has 3 heterocycles. The minimum absolute atomic E-state index is 0.305. The van der Waals surface area contributed by atoms with E-state index in [0.717, 1.165) is 16.6 Å². The number of rotatable bonds is 4. The number of nitrogens with zero attached hydrogens (tertiary/aromatic N) is 4. The van der Waals surface area contributed by atoms with Gasteiger partial charge in [0.15, 0.2) is 5.65 Å². The van der Waals surface area contributed by atoms with Crippen molar-refractivity contribution in [3.05, 3.63) is 17.3 Å². The van der Waals surface area contributed by atoms with Crippen molar-refractivity contribution in [1.29, 1.82) is 0 Å². The summed E-state index contributed by atoms with van der Waals surface area (Å²) >= 11 is 0. The zero-order valence-electron chi connectivity index (χ0n) is 14.9.